The van der Waals surface area contributed by atoms with Crippen LogP contribution in [0.3, 0.4) is 0 Å². The van der Waals surface area contributed by atoms with E-state index < -0.39 is 0 Å². The van der Waals surface area contributed by atoms with E-state index >= 15 is 0 Å². The fourth-order valence-electron chi connectivity index (χ4n) is 2.43. The third-order valence-electron chi connectivity index (χ3n) is 3.36. The fourth-order valence-corrected chi connectivity index (χ4v) is 2.43. The molecule has 19 heavy (non-hydrogen) atoms. The van der Waals surface area contributed by atoms with Gasteiger partial charge in [0.1, 0.15) is 0 Å². The summed E-state index contributed by atoms with van der Waals surface area (Å²) in [6.45, 7) is 0.760. The molecule has 0 bridgehead atoms. The van der Waals surface area contributed by atoms with E-state index in [2.05, 4.69) is 38.1 Å². The summed E-state index contributed by atoms with van der Waals surface area (Å²) in [5.41, 5.74) is 5.50. The van der Waals surface area contributed by atoms with E-state index in [1.807, 2.05) is 38.4 Å². The van der Waals surface area contributed by atoms with Gasteiger partial charge in [-0.3, -0.25) is 0 Å². The van der Waals surface area contributed by atoms with Crippen LogP contribution >= 0.6 is 0 Å². The normalized spacial score (nSPS) is 11.3. The number of aromatic nitrogens is 4. The van der Waals surface area contributed by atoms with Crippen molar-refractivity contribution >= 4 is 11.0 Å². The molecule has 0 radical (unpaired) electrons. The minimum absolute atomic E-state index is 0.760. The van der Waals surface area contributed by atoms with E-state index in [9.17, 15) is 0 Å². The van der Waals surface area contributed by atoms with Crippen molar-refractivity contribution in [3.63, 3.8) is 0 Å². The minimum Gasteiger partial charge on any atom is -0.334 e. The van der Waals surface area contributed by atoms with Crippen molar-refractivity contribution in [1.29, 1.82) is 0 Å². The van der Waals surface area contributed by atoms with E-state index in [0.717, 1.165) is 34.5 Å². The molecule has 0 unspecified atom stereocenters. The lowest BCUT2D eigenvalue weighted by Crippen LogP contribution is -2.07. The van der Waals surface area contributed by atoms with Gasteiger partial charge in [-0.1, -0.05) is 6.07 Å². The third-order valence-corrected chi connectivity index (χ3v) is 3.36. The summed E-state index contributed by atoms with van der Waals surface area (Å²) in [6.07, 6.45) is 3.69. The van der Waals surface area contributed by atoms with Crippen molar-refractivity contribution in [2.24, 2.45) is 14.1 Å². The Labute approximate surface area is 111 Å². The first kappa shape index (κ1) is 11.9. The van der Waals surface area contributed by atoms with Gasteiger partial charge in [0.15, 0.2) is 0 Å². The first-order valence-corrected chi connectivity index (χ1v) is 6.27. The van der Waals surface area contributed by atoms with E-state index in [0.29, 0.717) is 0 Å². The molecule has 0 aliphatic heterocycles. The second kappa shape index (κ2) is 4.51. The van der Waals surface area contributed by atoms with E-state index in [-0.39, 0.29) is 0 Å². The maximum atomic E-state index is 4.44. The molecular weight excluding hydrogens is 238 g/mol. The van der Waals surface area contributed by atoms with Gasteiger partial charge < -0.3 is 14.5 Å². The zero-order valence-electron chi connectivity index (χ0n) is 11.4. The molecule has 0 atom stereocenters. The van der Waals surface area contributed by atoms with Gasteiger partial charge in [0, 0.05) is 26.2 Å². The molecule has 3 rings (SSSR count). The number of nitrogens with one attached hydrogen (secondary N) is 1. The molecule has 0 aliphatic rings. The van der Waals surface area contributed by atoms with Gasteiger partial charge in [-0.15, -0.1) is 0 Å². The maximum Gasteiger partial charge on any atom is 0.0955 e. The van der Waals surface area contributed by atoms with E-state index in [1.165, 1.54) is 0 Å². The molecule has 0 spiro atoms. The lowest BCUT2D eigenvalue weighted by molar-refractivity contribution is 0.797. The second-order valence-electron chi connectivity index (χ2n) is 4.74. The molecule has 0 fully saturated rings. The lowest BCUT2D eigenvalue weighted by atomic mass is 10.1. The molecule has 5 nitrogen and oxygen atoms in total. The van der Waals surface area contributed by atoms with Crippen LogP contribution in [0.25, 0.3) is 22.3 Å². The van der Waals surface area contributed by atoms with Crippen molar-refractivity contribution in [2.45, 2.75) is 6.54 Å². The largest absolute Gasteiger partial charge is 0.334 e. The Balaban J connectivity index is 2.15. The molecule has 98 valence electrons. The molecule has 2 heterocycles. The van der Waals surface area contributed by atoms with E-state index in [4.69, 9.17) is 0 Å². The number of imidazole rings is 2. The van der Waals surface area contributed by atoms with Gasteiger partial charge in [-0.05, 0) is 19.2 Å². The zero-order valence-corrected chi connectivity index (χ0v) is 11.4. The zero-order chi connectivity index (χ0) is 13.4. The Hall–Kier alpha value is -2.14. The highest BCUT2D eigenvalue weighted by molar-refractivity contribution is 5.81. The van der Waals surface area contributed by atoms with Crippen molar-refractivity contribution in [2.75, 3.05) is 7.05 Å². The molecule has 3 aromatic rings. The first-order chi connectivity index (χ1) is 9.20. The monoisotopic (exact) mass is 255 g/mol. The average molecular weight is 255 g/mol. The third kappa shape index (κ3) is 1.92. The number of hydrogen-bond donors (Lipinski definition) is 1. The van der Waals surface area contributed by atoms with Crippen LogP contribution in [0.2, 0.25) is 0 Å². The topological polar surface area (TPSA) is 47.7 Å². The van der Waals surface area contributed by atoms with Crippen LogP contribution in [0, 0.1) is 0 Å². The lowest BCUT2D eigenvalue weighted by Gasteiger charge is -2.06. The number of hydrogen-bond acceptors (Lipinski definition) is 3. The summed E-state index contributed by atoms with van der Waals surface area (Å²) in [7, 11) is 5.95. The van der Waals surface area contributed by atoms with Gasteiger partial charge in [0.05, 0.1) is 35.1 Å². The van der Waals surface area contributed by atoms with Crippen LogP contribution in [0.15, 0.2) is 30.9 Å². The number of benzene rings is 1. The van der Waals surface area contributed by atoms with Crippen molar-refractivity contribution < 1.29 is 0 Å². The van der Waals surface area contributed by atoms with Gasteiger partial charge in [0.25, 0.3) is 0 Å². The number of fused-ring (bicyclic) bond motifs is 1. The average Bonchev–Trinajstić information content (AvgIpc) is 2.94. The number of nitrogens with zero attached hydrogens (tertiary/aromatic N) is 4. The number of aryl methyl sites for hydroxylation is 2. The summed E-state index contributed by atoms with van der Waals surface area (Å²) in [6, 6.07) is 6.35. The van der Waals surface area contributed by atoms with Crippen LogP contribution in [0.5, 0.6) is 0 Å². The SMILES string of the molecule is CNCc1ncn(C)c1-c1ccc2c(c1)ncn2C. The summed E-state index contributed by atoms with van der Waals surface area (Å²) in [5.74, 6) is 0. The Morgan fingerprint density at radius 3 is 2.68 bits per heavy atom. The highest BCUT2D eigenvalue weighted by atomic mass is 15.0. The Morgan fingerprint density at radius 2 is 1.89 bits per heavy atom. The summed E-state index contributed by atoms with van der Waals surface area (Å²) >= 11 is 0. The van der Waals surface area contributed by atoms with Crippen molar-refractivity contribution in [1.82, 2.24) is 24.4 Å². The highest BCUT2D eigenvalue weighted by Crippen LogP contribution is 2.25. The summed E-state index contributed by atoms with van der Waals surface area (Å²) in [5, 5.41) is 3.15. The predicted molar refractivity (Wildman–Crippen MR) is 75.7 cm³/mol. The Bertz CT molecular complexity index is 723. The molecule has 0 saturated heterocycles. The molecule has 1 aromatic carbocycles. The van der Waals surface area contributed by atoms with Gasteiger partial charge in [-0.25, -0.2) is 9.97 Å². The molecule has 5 heteroatoms. The molecule has 2 aromatic heterocycles. The maximum absolute atomic E-state index is 4.44. The molecule has 0 saturated carbocycles. The molecule has 0 amide bonds. The molecular formula is C14H17N5. The Morgan fingerprint density at radius 1 is 1.11 bits per heavy atom. The quantitative estimate of drug-likeness (QED) is 0.775. The summed E-state index contributed by atoms with van der Waals surface area (Å²) < 4.78 is 4.08. The van der Waals surface area contributed by atoms with Crippen LogP contribution < -0.4 is 5.32 Å². The van der Waals surface area contributed by atoms with Gasteiger partial charge in [-0.2, -0.15) is 0 Å². The number of rotatable bonds is 3. The smallest absolute Gasteiger partial charge is 0.0955 e. The minimum atomic E-state index is 0.760. The van der Waals surface area contributed by atoms with Crippen molar-refractivity contribution in [3.05, 3.63) is 36.5 Å². The van der Waals surface area contributed by atoms with Crippen LogP contribution in [0.4, 0.5) is 0 Å². The standard InChI is InChI=1S/C14H17N5/c1-15-7-12-14(19(3)9-17-12)10-4-5-13-11(6-10)16-8-18(13)2/h4-6,8-9,15H,7H2,1-3H3. The predicted octanol–water partition coefficient (Wildman–Crippen LogP) is 1.69. The highest BCUT2D eigenvalue weighted by Gasteiger charge is 2.12. The van der Waals surface area contributed by atoms with Crippen LogP contribution in [-0.4, -0.2) is 26.1 Å². The van der Waals surface area contributed by atoms with Crippen LogP contribution in [0.1, 0.15) is 5.69 Å². The first-order valence-electron chi connectivity index (χ1n) is 6.27. The fraction of sp³-hybridized carbons (Fsp3) is 0.286. The summed E-state index contributed by atoms with van der Waals surface area (Å²) in [4.78, 5) is 8.85. The van der Waals surface area contributed by atoms with E-state index in [1.54, 1.807) is 0 Å². The van der Waals surface area contributed by atoms with Gasteiger partial charge in [0.2, 0.25) is 0 Å². The van der Waals surface area contributed by atoms with Crippen molar-refractivity contribution in [3.8, 4) is 11.3 Å². The Kier molecular flexibility index (Phi) is 2.83. The molecule has 1 N–H and O–H groups in total. The molecule has 0 aliphatic carbocycles. The van der Waals surface area contributed by atoms with Gasteiger partial charge >= 0.3 is 0 Å². The second-order valence-corrected chi connectivity index (χ2v) is 4.74. The van der Waals surface area contributed by atoms with Crippen LogP contribution in [-0.2, 0) is 20.6 Å².